The Morgan fingerprint density at radius 1 is 1.58 bits per heavy atom. The molecule has 19 heavy (non-hydrogen) atoms. The Balaban J connectivity index is 1.81. The Morgan fingerprint density at radius 3 is 3.11 bits per heavy atom. The summed E-state index contributed by atoms with van der Waals surface area (Å²) >= 11 is 1.61. The van der Waals surface area contributed by atoms with Crippen molar-refractivity contribution in [2.24, 2.45) is 7.05 Å². The highest BCUT2D eigenvalue weighted by Crippen LogP contribution is 2.37. The van der Waals surface area contributed by atoms with Gasteiger partial charge in [-0.2, -0.15) is 0 Å². The highest BCUT2D eigenvalue weighted by molar-refractivity contribution is 7.15. The minimum absolute atomic E-state index is 0.323. The van der Waals surface area contributed by atoms with Gasteiger partial charge in [0.1, 0.15) is 5.82 Å². The van der Waals surface area contributed by atoms with Crippen LogP contribution in [0.25, 0.3) is 0 Å². The molecule has 6 heteroatoms. The van der Waals surface area contributed by atoms with Gasteiger partial charge in [-0.3, -0.25) is 0 Å². The van der Waals surface area contributed by atoms with Crippen LogP contribution < -0.4 is 4.90 Å². The average molecular weight is 278 g/mol. The molecule has 1 unspecified atom stereocenters. The van der Waals surface area contributed by atoms with Gasteiger partial charge in [0.25, 0.3) is 0 Å². The maximum absolute atomic E-state index is 9.99. The molecule has 1 aliphatic carbocycles. The first-order valence-corrected chi connectivity index (χ1v) is 7.32. The van der Waals surface area contributed by atoms with Crippen LogP contribution in [0, 0.1) is 0 Å². The number of thiazole rings is 1. The number of imidazole rings is 1. The van der Waals surface area contributed by atoms with Crippen LogP contribution in [0.5, 0.6) is 0 Å². The van der Waals surface area contributed by atoms with Crippen LogP contribution in [0.4, 0.5) is 5.13 Å². The third-order valence-electron chi connectivity index (χ3n) is 3.54. The van der Waals surface area contributed by atoms with E-state index in [2.05, 4.69) is 14.9 Å². The number of aliphatic hydroxyl groups is 1. The SMILES string of the molecule is CN(Cc1nccn1C)c1nc2c(s1)C(O)CCC2. The molecular formula is C13H18N4OS. The quantitative estimate of drug-likeness (QED) is 0.931. The molecule has 0 aliphatic heterocycles. The predicted octanol–water partition coefficient (Wildman–Crippen LogP) is 1.88. The molecule has 1 N–H and O–H groups in total. The lowest BCUT2D eigenvalue weighted by Gasteiger charge is -2.15. The topological polar surface area (TPSA) is 54.2 Å². The fourth-order valence-corrected chi connectivity index (χ4v) is 3.47. The van der Waals surface area contributed by atoms with Crippen LogP contribution in [0.3, 0.4) is 0 Å². The van der Waals surface area contributed by atoms with Gasteiger partial charge in [-0.1, -0.05) is 11.3 Å². The molecule has 1 aliphatic rings. The Bertz CT molecular complexity index is 577. The summed E-state index contributed by atoms with van der Waals surface area (Å²) in [6, 6.07) is 0. The fourth-order valence-electron chi connectivity index (χ4n) is 2.38. The highest BCUT2D eigenvalue weighted by Gasteiger charge is 2.24. The molecule has 0 aromatic carbocycles. The van der Waals surface area contributed by atoms with Crippen LogP contribution in [0.1, 0.15) is 35.3 Å². The summed E-state index contributed by atoms with van der Waals surface area (Å²) in [6.45, 7) is 0.728. The molecule has 0 saturated carbocycles. The molecule has 3 rings (SSSR count). The molecule has 2 heterocycles. The summed E-state index contributed by atoms with van der Waals surface area (Å²) in [4.78, 5) is 12.1. The highest BCUT2D eigenvalue weighted by atomic mass is 32.1. The lowest BCUT2D eigenvalue weighted by molar-refractivity contribution is 0.160. The lowest BCUT2D eigenvalue weighted by atomic mass is 10.0. The lowest BCUT2D eigenvalue weighted by Crippen LogP contribution is -2.18. The van der Waals surface area contributed by atoms with Gasteiger partial charge in [-0.15, -0.1) is 0 Å². The standard InChI is InChI=1S/C13H18N4OS/c1-16-7-6-14-11(16)8-17(2)13-15-9-4-3-5-10(18)12(9)19-13/h6-7,10,18H,3-5,8H2,1-2H3. The van der Waals surface area contributed by atoms with Gasteiger partial charge >= 0.3 is 0 Å². The summed E-state index contributed by atoms with van der Waals surface area (Å²) in [5.74, 6) is 1.01. The molecule has 0 saturated heterocycles. The first-order valence-electron chi connectivity index (χ1n) is 6.50. The number of hydrogen-bond acceptors (Lipinski definition) is 5. The summed E-state index contributed by atoms with van der Waals surface area (Å²) < 4.78 is 2.01. The second-order valence-electron chi connectivity index (χ2n) is 5.03. The van der Waals surface area contributed by atoms with Crippen LogP contribution >= 0.6 is 11.3 Å². The van der Waals surface area contributed by atoms with Crippen molar-refractivity contribution in [1.29, 1.82) is 0 Å². The second kappa shape index (κ2) is 4.94. The summed E-state index contributed by atoms with van der Waals surface area (Å²) in [6.07, 6.45) is 6.30. The van der Waals surface area contributed by atoms with E-state index >= 15 is 0 Å². The number of aromatic nitrogens is 3. The van der Waals surface area contributed by atoms with E-state index < -0.39 is 0 Å². The minimum Gasteiger partial charge on any atom is -0.388 e. The number of anilines is 1. The number of aryl methyl sites for hydroxylation is 2. The smallest absolute Gasteiger partial charge is 0.186 e. The van der Waals surface area contributed by atoms with Gasteiger partial charge in [0.15, 0.2) is 5.13 Å². The Kier molecular flexibility index (Phi) is 3.28. The van der Waals surface area contributed by atoms with E-state index in [4.69, 9.17) is 0 Å². The van der Waals surface area contributed by atoms with Crippen molar-refractivity contribution in [3.05, 3.63) is 28.8 Å². The molecular weight excluding hydrogens is 260 g/mol. The number of rotatable bonds is 3. The zero-order chi connectivity index (χ0) is 13.4. The molecule has 102 valence electrons. The van der Waals surface area contributed by atoms with Gasteiger partial charge in [-0.25, -0.2) is 9.97 Å². The van der Waals surface area contributed by atoms with E-state index in [1.807, 2.05) is 24.9 Å². The average Bonchev–Trinajstić information content (AvgIpc) is 2.97. The number of fused-ring (bicyclic) bond motifs is 1. The largest absolute Gasteiger partial charge is 0.388 e. The third-order valence-corrected chi connectivity index (χ3v) is 4.85. The number of hydrogen-bond donors (Lipinski definition) is 1. The van der Waals surface area contributed by atoms with Gasteiger partial charge < -0.3 is 14.6 Å². The Labute approximate surface area is 116 Å². The first kappa shape index (κ1) is 12.6. The molecule has 0 spiro atoms. The van der Waals surface area contributed by atoms with Gasteiger partial charge in [0.2, 0.25) is 0 Å². The van der Waals surface area contributed by atoms with E-state index in [-0.39, 0.29) is 6.10 Å². The third kappa shape index (κ3) is 2.37. The molecule has 2 aromatic heterocycles. The van der Waals surface area contributed by atoms with Gasteiger partial charge in [-0.05, 0) is 19.3 Å². The second-order valence-corrected chi connectivity index (χ2v) is 6.03. The number of aliphatic hydroxyl groups excluding tert-OH is 1. The Morgan fingerprint density at radius 2 is 2.42 bits per heavy atom. The van der Waals surface area contributed by atoms with Crippen molar-refractivity contribution in [3.63, 3.8) is 0 Å². The number of nitrogens with zero attached hydrogens (tertiary/aromatic N) is 4. The zero-order valence-corrected chi connectivity index (χ0v) is 12.0. The zero-order valence-electron chi connectivity index (χ0n) is 11.2. The van der Waals surface area contributed by atoms with E-state index in [1.165, 1.54) is 0 Å². The predicted molar refractivity (Wildman–Crippen MR) is 75.3 cm³/mol. The normalized spacial score (nSPS) is 18.4. The fraction of sp³-hybridized carbons (Fsp3) is 0.538. The van der Waals surface area contributed by atoms with Crippen LogP contribution in [0.2, 0.25) is 0 Å². The first-order chi connectivity index (χ1) is 9.15. The summed E-state index contributed by atoms with van der Waals surface area (Å²) in [5, 5.41) is 11.0. The summed E-state index contributed by atoms with van der Waals surface area (Å²) in [7, 11) is 4.01. The van der Waals surface area contributed by atoms with E-state index in [9.17, 15) is 5.11 Å². The molecule has 0 amide bonds. The van der Waals surface area contributed by atoms with Crippen LogP contribution in [-0.2, 0) is 20.0 Å². The molecule has 5 nitrogen and oxygen atoms in total. The van der Waals surface area contributed by atoms with Crippen molar-refractivity contribution in [2.75, 3.05) is 11.9 Å². The maximum atomic E-state index is 9.99. The minimum atomic E-state index is -0.323. The molecule has 0 fully saturated rings. The van der Waals surface area contributed by atoms with Crippen molar-refractivity contribution < 1.29 is 5.11 Å². The van der Waals surface area contributed by atoms with Crippen molar-refractivity contribution in [2.45, 2.75) is 31.9 Å². The van der Waals surface area contributed by atoms with E-state index in [1.54, 1.807) is 17.5 Å². The van der Waals surface area contributed by atoms with Crippen molar-refractivity contribution in [3.8, 4) is 0 Å². The van der Waals surface area contributed by atoms with Crippen LogP contribution in [-0.4, -0.2) is 26.7 Å². The Hall–Kier alpha value is -1.40. The van der Waals surface area contributed by atoms with Gasteiger partial charge in [0, 0.05) is 26.5 Å². The summed E-state index contributed by atoms with van der Waals surface area (Å²) in [5.41, 5.74) is 1.07. The molecule has 0 bridgehead atoms. The van der Waals surface area contributed by atoms with Crippen molar-refractivity contribution >= 4 is 16.5 Å². The molecule has 2 aromatic rings. The van der Waals surface area contributed by atoms with Crippen molar-refractivity contribution in [1.82, 2.24) is 14.5 Å². The van der Waals surface area contributed by atoms with E-state index in [0.717, 1.165) is 47.3 Å². The van der Waals surface area contributed by atoms with E-state index in [0.29, 0.717) is 0 Å². The monoisotopic (exact) mass is 278 g/mol. The molecule has 0 radical (unpaired) electrons. The maximum Gasteiger partial charge on any atom is 0.186 e. The molecule has 1 atom stereocenters. The van der Waals surface area contributed by atoms with Crippen LogP contribution in [0.15, 0.2) is 12.4 Å². The van der Waals surface area contributed by atoms with Gasteiger partial charge in [0.05, 0.1) is 23.2 Å².